The molecule has 1 aliphatic rings. The Balaban J connectivity index is 1.40. The van der Waals surface area contributed by atoms with Crippen molar-refractivity contribution in [3.8, 4) is 11.1 Å². The van der Waals surface area contributed by atoms with Gasteiger partial charge in [0.1, 0.15) is 0 Å². The number of rotatable bonds is 3. The molecule has 0 N–H and O–H groups in total. The Kier molecular flexibility index (Phi) is 4.80. The first-order chi connectivity index (χ1) is 19.1. The van der Waals surface area contributed by atoms with Crippen LogP contribution < -0.4 is 4.90 Å². The van der Waals surface area contributed by atoms with E-state index in [0.717, 1.165) is 5.69 Å². The van der Waals surface area contributed by atoms with Gasteiger partial charge in [-0.25, -0.2) is 0 Å². The third-order valence-corrected chi connectivity index (χ3v) is 9.59. The zero-order valence-corrected chi connectivity index (χ0v) is 22.8. The number of para-hydroxylation sites is 1. The molecule has 2 heteroatoms. The van der Waals surface area contributed by atoms with Gasteiger partial charge in [0.05, 0.1) is 5.69 Å². The second-order valence-electron chi connectivity index (χ2n) is 11.0. The minimum atomic E-state index is -0.0136. The Morgan fingerprint density at radius 2 is 1.28 bits per heavy atom. The van der Waals surface area contributed by atoms with Gasteiger partial charge in [0.15, 0.2) is 0 Å². The summed E-state index contributed by atoms with van der Waals surface area (Å²) >= 11 is 1.86. The van der Waals surface area contributed by atoms with Crippen molar-refractivity contribution in [3.63, 3.8) is 0 Å². The Labute approximate surface area is 232 Å². The van der Waals surface area contributed by atoms with Gasteiger partial charge in [0.2, 0.25) is 0 Å². The second-order valence-corrected chi connectivity index (χ2v) is 12.1. The van der Waals surface area contributed by atoms with Crippen LogP contribution in [0.15, 0.2) is 127 Å². The summed E-state index contributed by atoms with van der Waals surface area (Å²) in [7, 11) is 0. The quantitative estimate of drug-likeness (QED) is 0.225. The third kappa shape index (κ3) is 3.32. The highest BCUT2D eigenvalue weighted by Crippen LogP contribution is 2.51. The minimum Gasteiger partial charge on any atom is -0.310 e. The summed E-state index contributed by atoms with van der Waals surface area (Å²) in [6.45, 7) is 4.70. The molecule has 1 aliphatic carbocycles. The normalized spacial score (nSPS) is 13.6. The van der Waals surface area contributed by atoms with Gasteiger partial charge in [0, 0.05) is 42.3 Å². The molecular weight excluding hydrogens is 490 g/mol. The molecule has 0 unspecified atom stereocenters. The largest absolute Gasteiger partial charge is 0.310 e. The third-order valence-electron chi connectivity index (χ3n) is 8.43. The van der Waals surface area contributed by atoms with Crippen molar-refractivity contribution in [2.24, 2.45) is 0 Å². The molecule has 0 fully saturated rings. The Morgan fingerprint density at radius 1 is 0.513 bits per heavy atom. The highest BCUT2D eigenvalue weighted by Gasteiger charge is 2.35. The van der Waals surface area contributed by atoms with Crippen molar-refractivity contribution in [1.29, 1.82) is 0 Å². The van der Waals surface area contributed by atoms with Crippen LogP contribution in [0.25, 0.3) is 42.1 Å². The van der Waals surface area contributed by atoms with E-state index in [1.807, 2.05) is 11.3 Å². The van der Waals surface area contributed by atoms with Crippen LogP contribution in [-0.2, 0) is 5.41 Å². The number of anilines is 3. The smallest absolute Gasteiger partial charge is 0.0540 e. The number of thiophene rings is 1. The number of nitrogens with zero attached hydrogens (tertiary/aromatic N) is 1. The van der Waals surface area contributed by atoms with Crippen LogP contribution >= 0.6 is 11.3 Å². The lowest BCUT2D eigenvalue weighted by molar-refractivity contribution is 0.661. The lowest BCUT2D eigenvalue weighted by atomic mass is 9.82. The molecule has 1 heterocycles. The number of benzene rings is 6. The molecule has 1 aromatic heterocycles. The Bertz CT molecular complexity index is 2050. The first kappa shape index (κ1) is 22.6. The summed E-state index contributed by atoms with van der Waals surface area (Å²) in [5.74, 6) is 0. The minimum absolute atomic E-state index is 0.0136. The maximum Gasteiger partial charge on any atom is 0.0540 e. The lowest BCUT2D eigenvalue weighted by Gasteiger charge is -2.27. The molecular formula is C37H27NS. The van der Waals surface area contributed by atoms with Gasteiger partial charge in [-0.3, -0.25) is 0 Å². The standard InChI is InChI=1S/C37H27NS/c1-37(2)32-16-8-6-14-27(32)30-23-29-24(21-33(30)37)11-10-17-34(29)38(25-12-4-3-5-13-25)26-19-20-36-31(22-26)28-15-7-9-18-35(28)39-36/h3-23H,1-2H3. The van der Waals surface area contributed by atoms with Crippen LogP contribution in [0.4, 0.5) is 17.1 Å². The Hall–Kier alpha value is -4.40. The summed E-state index contributed by atoms with van der Waals surface area (Å²) in [6.07, 6.45) is 0. The molecule has 0 saturated carbocycles. The summed E-state index contributed by atoms with van der Waals surface area (Å²) < 4.78 is 2.65. The first-order valence-electron chi connectivity index (χ1n) is 13.5. The van der Waals surface area contributed by atoms with E-state index in [-0.39, 0.29) is 5.41 Å². The van der Waals surface area contributed by atoms with Crippen LogP contribution in [0.1, 0.15) is 25.0 Å². The van der Waals surface area contributed by atoms with E-state index in [1.165, 1.54) is 64.6 Å². The van der Waals surface area contributed by atoms with Crippen LogP contribution in [-0.4, -0.2) is 0 Å². The molecule has 39 heavy (non-hydrogen) atoms. The zero-order valence-electron chi connectivity index (χ0n) is 22.0. The number of hydrogen-bond donors (Lipinski definition) is 0. The van der Waals surface area contributed by atoms with Gasteiger partial charge < -0.3 is 4.90 Å². The van der Waals surface area contributed by atoms with E-state index >= 15 is 0 Å². The second kappa shape index (κ2) is 8.30. The fraction of sp³-hybridized carbons (Fsp3) is 0.0811. The first-order valence-corrected chi connectivity index (χ1v) is 14.3. The van der Waals surface area contributed by atoms with E-state index < -0.39 is 0 Å². The fourth-order valence-corrected chi connectivity index (χ4v) is 7.60. The molecule has 0 bridgehead atoms. The Morgan fingerprint density at radius 3 is 2.18 bits per heavy atom. The van der Waals surface area contributed by atoms with Gasteiger partial charge >= 0.3 is 0 Å². The molecule has 0 saturated heterocycles. The van der Waals surface area contributed by atoms with E-state index in [4.69, 9.17) is 0 Å². The predicted octanol–water partition coefficient (Wildman–Crippen LogP) is 11.0. The van der Waals surface area contributed by atoms with Gasteiger partial charge in [-0.2, -0.15) is 0 Å². The van der Waals surface area contributed by atoms with Crippen LogP contribution in [0.2, 0.25) is 0 Å². The number of hydrogen-bond acceptors (Lipinski definition) is 2. The van der Waals surface area contributed by atoms with Gasteiger partial charge in [0.25, 0.3) is 0 Å². The molecule has 7 aromatic rings. The van der Waals surface area contributed by atoms with Crippen molar-refractivity contribution < 1.29 is 0 Å². The zero-order chi connectivity index (χ0) is 26.1. The highest BCUT2D eigenvalue weighted by molar-refractivity contribution is 7.25. The van der Waals surface area contributed by atoms with Crippen molar-refractivity contribution in [2.75, 3.05) is 4.90 Å². The topological polar surface area (TPSA) is 3.24 Å². The van der Waals surface area contributed by atoms with E-state index in [2.05, 4.69) is 146 Å². The van der Waals surface area contributed by atoms with Gasteiger partial charge in [-0.15, -0.1) is 11.3 Å². The van der Waals surface area contributed by atoms with Gasteiger partial charge in [-0.1, -0.05) is 86.6 Å². The molecule has 1 nitrogen and oxygen atoms in total. The predicted molar refractivity (Wildman–Crippen MR) is 169 cm³/mol. The van der Waals surface area contributed by atoms with Crippen LogP contribution in [0, 0.1) is 0 Å². The van der Waals surface area contributed by atoms with E-state index in [0.29, 0.717) is 0 Å². The molecule has 0 spiro atoms. The monoisotopic (exact) mass is 517 g/mol. The molecule has 0 radical (unpaired) electrons. The van der Waals surface area contributed by atoms with Crippen molar-refractivity contribution in [3.05, 3.63) is 139 Å². The molecule has 8 rings (SSSR count). The summed E-state index contributed by atoms with van der Waals surface area (Å²) in [5.41, 5.74) is 9.03. The summed E-state index contributed by atoms with van der Waals surface area (Å²) in [5, 5.41) is 5.17. The SMILES string of the molecule is CC1(C)c2ccccc2-c2cc3c(N(c4ccccc4)c4ccc5sc6ccccc6c5c4)cccc3cc21. The molecule has 186 valence electrons. The van der Waals surface area contributed by atoms with E-state index in [1.54, 1.807) is 0 Å². The molecule has 6 aromatic carbocycles. The summed E-state index contributed by atoms with van der Waals surface area (Å²) in [4.78, 5) is 2.42. The molecule has 0 amide bonds. The maximum absolute atomic E-state index is 2.43. The van der Waals surface area contributed by atoms with Crippen LogP contribution in [0.5, 0.6) is 0 Å². The van der Waals surface area contributed by atoms with Crippen molar-refractivity contribution in [2.45, 2.75) is 19.3 Å². The molecule has 0 atom stereocenters. The average molecular weight is 518 g/mol. The van der Waals surface area contributed by atoms with Crippen LogP contribution in [0.3, 0.4) is 0 Å². The highest BCUT2D eigenvalue weighted by atomic mass is 32.1. The van der Waals surface area contributed by atoms with Crippen molar-refractivity contribution in [1.82, 2.24) is 0 Å². The van der Waals surface area contributed by atoms with E-state index in [9.17, 15) is 0 Å². The number of fused-ring (bicyclic) bond motifs is 7. The molecule has 0 aliphatic heterocycles. The van der Waals surface area contributed by atoms with Crippen molar-refractivity contribution >= 4 is 59.3 Å². The summed E-state index contributed by atoms with van der Waals surface area (Å²) in [6, 6.07) is 46.9. The average Bonchev–Trinajstić information content (AvgIpc) is 3.45. The fourth-order valence-electron chi connectivity index (χ4n) is 6.51. The van der Waals surface area contributed by atoms with Gasteiger partial charge in [-0.05, 0) is 82.2 Å². The maximum atomic E-state index is 2.43. The lowest BCUT2D eigenvalue weighted by Crippen LogP contribution is -2.15.